The molecule has 7 nitrogen and oxygen atoms in total. The predicted octanol–water partition coefficient (Wildman–Crippen LogP) is 0.396. The Morgan fingerprint density at radius 1 is 1.30 bits per heavy atom. The molecule has 0 bridgehead atoms. The lowest BCUT2D eigenvalue weighted by Crippen LogP contribution is -2.40. The molecule has 0 unspecified atom stereocenters. The molecule has 0 atom stereocenters. The summed E-state index contributed by atoms with van der Waals surface area (Å²) >= 11 is 5.83. The summed E-state index contributed by atoms with van der Waals surface area (Å²) in [5.41, 5.74) is -0.954. The lowest BCUT2D eigenvalue weighted by atomic mass is 10.3. The molecule has 0 saturated carbocycles. The molecular weight excluding hydrogens is 322 g/mol. The summed E-state index contributed by atoms with van der Waals surface area (Å²) in [6, 6.07) is 8.17. The Kier molecular flexibility index (Phi) is 5.59. The second-order valence-corrected chi connectivity index (χ2v) is 5.22. The van der Waals surface area contributed by atoms with Gasteiger partial charge in [0.1, 0.15) is 18.9 Å². The van der Waals surface area contributed by atoms with Crippen molar-refractivity contribution in [1.82, 2.24) is 14.5 Å². The first-order chi connectivity index (χ1) is 11.0. The summed E-state index contributed by atoms with van der Waals surface area (Å²) in [7, 11) is 1.36. The van der Waals surface area contributed by atoms with Gasteiger partial charge in [-0.15, -0.1) is 0 Å². The monoisotopic (exact) mass is 337 g/mol. The molecule has 2 aromatic rings. The van der Waals surface area contributed by atoms with Gasteiger partial charge < -0.3 is 10.1 Å². The van der Waals surface area contributed by atoms with E-state index in [1.54, 1.807) is 24.3 Å². The second-order valence-electron chi connectivity index (χ2n) is 4.78. The van der Waals surface area contributed by atoms with Crippen molar-refractivity contribution in [2.24, 2.45) is 7.05 Å². The fraction of sp³-hybridized carbons (Fsp3) is 0.267. The molecule has 0 spiro atoms. The summed E-state index contributed by atoms with van der Waals surface area (Å²) in [4.78, 5) is 34.8. The van der Waals surface area contributed by atoms with Crippen molar-refractivity contribution in [3.63, 3.8) is 0 Å². The molecule has 0 radical (unpaired) electrons. The third-order valence-electron chi connectivity index (χ3n) is 3.06. The van der Waals surface area contributed by atoms with Crippen molar-refractivity contribution in [2.45, 2.75) is 6.54 Å². The van der Waals surface area contributed by atoms with Crippen LogP contribution in [0.3, 0.4) is 0 Å². The first-order valence-corrected chi connectivity index (χ1v) is 7.27. The maximum Gasteiger partial charge on any atom is 0.331 e. The number of nitrogens with zero attached hydrogens (tertiary/aromatic N) is 2. The number of aromatic nitrogens is 2. The first-order valence-electron chi connectivity index (χ1n) is 6.89. The molecule has 23 heavy (non-hydrogen) atoms. The van der Waals surface area contributed by atoms with Crippen LogP contribution in [-0.4, -0.2) is 28.2 Å². The van der Waals surface area contributed by atoms with Gasteiger partial charge in [-0.25, -0.2) is 4.79 Å². The maximum atomic E-state index is 11.8. The smallest absolute Gasteiger partial charge is 0.331 e. The van der Waals surface area contributed by atoms with Gasteiger partial charge in [0.15, 0.2) is 0 Å². The van der Waals surface area contributed by atoms with E-state index in [4.69, 9.17) is 16.3 Å². The normalized spacial score (nSPS) is 10.3. The van der Waals surface area contributed by atoms with Gasteiger partial charge >= 0.3 is 5.69 Å². The highest BCUT2D eigenvalue weighted by Crippen LogP contribution is 2.16. The van der Waals surface area contributed by atoms with Crippen molar-refractivity contribution in [3.8, 4) is 5.75 Å². The summed E-state index contributed by atoms with van der Waals surface area (Å²) < 4.78 is 7.53. The molecule has 8 heteroatoms. The zero-order valence-corrected chi connectivity index (χ0v) is 13.2. The Balaban J connectivity index is 1.81. The van der Waals surface area contributed by atoms with Crippen LogP contribution in [0.5, 0.6) is 5.75 Å². The molecule has 1 aromatic heterocycles. The topological polar surface area (TPSA) is 82.3 Å². The van der Waals surface area contributed by atoms with Crippen LogP contribution in [0.4, 0.5) is 0 Å². The van der Waals surface area contributed by atoms with Crippen LogP contribution < -0.4 is 21.3 Å². The molecule has 122 valence electrons. The number of benzene rings is 1. The van der Waals surface area contributed by atoms with Crippen molar-refractivity contribution >= 4 is 17.5 Å². The molecule has 0 saturated heterocycles. The standard InChI is InChI=1S/C15H16ClN3O4/c1-18-14(21)5-7-19(15(18)22)10-13(20)17-6-8-23-12-4-2-3-11(16)9-12/h2-5,7,9H,6,8,10H2,1H3,(H,17,20). The lowest BCUT2D eigenvalue weighted by Gasteiger charge is -2.09. The van der Waals surface area contributed by atoms with Gasteiger partial charge in [-0.05, 0) is 18.2 Å². The molecule has 0 aliphatic rings. The van der Waals surface area contributed by atoms with E-state index in [2.05, 4.69) is 5.32 Å². The Bertz CT molecular complexity index is 813. The number of amides is 1. The molecule has 1 heterocycles. The van der Waals surface area contributed by atoms with E-state index in [1.807, 2.05) is 0 Å². The molecule has 0 aliphatic heterocycles. The van der Waals surface area contributed by atoms with E-state index in [1.165, 1.54) is 19.3 Å². The van der Waals surface area contributed by atoms with E-state index >= 15 is 0 Å². The van der Waals surface area contributed by atoms with Crippen molar-refractivity contribution in [3.05, 3.63) is 62.4 Å². The van der Waals surface area contributed by atoms with Gasteiger partial charge in [0.2, 0.25) is 5.91 Å². The maximum absolute atomic E-state index is 11.8. The number of carbonyl (C=O) groups is 1. The first kappa shape index (κ1) is 16.8. The average molecular weight is 338 g/mol. The van der Waals surface area contributed by atoms with Gasteiger partial charge in [0.25, 0.3) is 5.56 Å². The average Bonchev–Trinajstić information content (AvgIpc) is 2.52. The highest BCUT2D eigenvalue weighted by molar-refractivity contribution is 6.30. The Labute approximate surface area is 137 Å². The SMILES string of the molecule is Cn1c(=O)ccn(CC(=O)NCCOc2cccc(Cl)c2)c1=O. The third kappa shape index (κ3) is 4.72. The number of rotatable bonds is 6. The van der Waals surface area contributed by atoms with Crippen LogP contribution in [0.1, 0.15) is 0 Å². The van der Waals surface area contributed by atoms with Gasteiger partial charge in [0.05, 0.1) is 6.54 Å². The van der Waals surface area contributed by atoms with Crippen LogP contribution in [-0.2, 0) is 18.4 Å². The number of nitrogens with one attached hydrogen (secondary N) is 1. The summed E-state index contributed by atoms with van der Waals surface area (Å²) in [5, 5.41) is 3.20. The molecule has 0 fully saturated rings. The molecule has 2 rings (SSSR count). The van der Waals surface area contributed by atoms with Crippen molar-refractivity contribution < 1.29 is 9.53 Å². The summed E-state index contributed by atoms with van der Waals surface area (Å²) in [6.45, 7) is 0.393. The van der Waals surface area contributed by atoms with E-state index in [9.17, 15) is 14.4 Å². The number of halogens is 1. The van der Waals surface area contributed by atoms with Crippen LogP contribution >= 0.6 is 11.6 Å². The zero-order chi connectivity index (χ0) is 16.8. The number of ether oxygens (including phenoxy) is 1. The number of hydrogen-bond donors (Lipinski definition) is 1. The highest BCUT2D eigenvalue weighted by Gasteiger charge is 2.06. The molecular formula is C15H16ClN3O4. The second kappa shape index (κ2) is 7.64. The lowest BCUT2D eigenvalue weighted by molar-refractivity contribution is -0.121. The quantitative estimate of drug-likeness (QED) is 0.773. The summed E-state index contributed by atoms with van der Waals surface area (Å²) in [6.07, 6.45) is 1.30. The van der Waals surface area contributed by atoms with Gasteiger partial charge in [0, 0.05) is 24.3 Å². The number of carbonyl (C=O) groups excluding carboxylic acids is 1. The third-order valence-corrected chi connectivity index (χ3v) is 3.30. The molecule has 1 aromatic carbocycles. The minimum Gasteiger partial charge on any atom is -0.492 e. The van der Waals surface area contributed by atoms with Crippen LogP contribution in [0, 0.1) is 0 Å². The fourth-order valence-corrected chi connectivity index (χ4v) is 2.04. The van der Waals surface area contributed by atoms with Gasteiger partial charge in [-0.2, -0.15) is 0 Å². The fourth-order valence-electron chi connectivity index (χ4n) is 1.86. The molecule has 1 N–H and O–H groups in total. The minimum absolute atomic E-state index is 0.163. The Hall–Kier alpha value is -2.54. The van der Waals surface area contributed by atoms with Crippen LogP contribution in [0.25, 0.3) is 0 Å². The summed E-state index contributed by atoms with van der Waals surface area (Å²) in [5.74, 6) is 0.265. The van der Waals surface area contributed by atoms with E-state index in [0.29, 0.717) is 10.8 Å². The highest BCUT2D eigenvalue weighted by atomic mass is 35.5. The largest absolute Gasteiger partial charge is 0.492 e. The number of hydrogen-bond acceptors (Lipinski definition) is 4. The van der Waals surface area contributed by atoms with E-state index in [0.717, 1.165) is 9.13 Å². The predicted molar refractivity (Wildman–Crippen MR) is 85.9 cm³/mol. The Morgan fingerprint density at radius 3 is 2.83 bits per heavy atom. The van der Waals surface area contributed by atoms with Gasteiger partial charge in [-0.3, -0.25) is 18.7 Å². The zero-order valence-electron chi connectivity index (χ0n) is 12.5. The van der Waals surface area contributed by atoms with Crippen LogP contribution in [0.15, 0.2) is 46.1 Å². The Morgan fingerprint density at radius 2 is 2.09 bits per heavy atom. The van der Waals surface area contributed by atoms with E-state index < -0.39 is 11.2 Å². The van der Waals surface area contributed by atoms with Gasteiger partial charge in [-0.1, -0.05) is 17.7 Å². The molecule has 0 aliphatic carbocycles. The van der Waals surface area contributed by atoms with Crippen molar-refractivity contribution in [1.29, 1.82) is 0 Å². The molecule has 1 amide bonds. The van der Waals surface area contributed by atoms with Crippen LogP contribution in [0.2, 0.25) is 5.02 Å². The minimum atomic E-state index is -0.539. The van der Waals surface area contributed by atoms with E-state index in [-0.39, 0.29) is 25.6 Å². The van der Waals surface area contributed by atoms with Crippen molar-refractivity contribution in [2.75, 3.05) is 13.2 Å².